The average molecular weight is 284 g/mol. The van der Waals surface area contributed by atoms with Crippen molar-refractivity contribution in [3.8, 4) is 6.07 Å². The van der Waals surface area contributed by atoms with Gasteiger partial charge in [-0.15, -0.1) is 0 Å². The molecule has 0 spiro atoms. The third-order valence-corrected chi connectivity index (χ3v) is 5.56. The fraction of sp³-hybridized carbons (Fsp3) is 0.611. The second-order valence-corrected chi connectivity index (χ2v) is 6.98. The lowest BCUT2D eigenvalue weighted by molar-refractivity contribution is -0.0972. The zero-order valence-electron chi connectivity index (χ0n) is 13.0. The van der Waals surface area contributed by atoms with E-state index in [-0.39, 0.29) is 0 Å². The number of hydrogen-bond donors (Lipinski definition) is 1. The Balaban J connectivity index is 1.84. The molecule has 3 heteroatoms. The summed E-state index contributed by atoms with van der Waals surface area (Å²) in [5.74, 6) is 0. The number of rotatable bonds is 2. The van der Waals surface area contributed by atoms with Gasteiger partial charge in [0.05, 0.1) is 17.1 Å². The van der Waals surface area contributed by atoms with E-state index in [0.717, 1.165) is 13.1 Å². The second kappa shape index (κ2) is 5.12. The quantitative estimate of drug-likeness (QED) is 0.908. The standard InChI is InChI=1S/C18H24N2O/c1-14(2)20-9-7-18(21,8-10-20)17(13-19)11-15-5-3-4-6-16(15)12-17/h3-6,14,21H,7-12H2,1-2H3. The minimum absolute atomic E-state index is 0.508. The molecule has 2 aliphatic rings. The van der Waals surface area contributed by atoms with Crippen LogP contribution in [0.25, 0.3) is 0 Å². The molecule has 1 saturated heterocycles. The summed E-state index contributed by atoms with van der Waals surface area (Å²) in [7, 11) is 0. The predicted molar refractivity (Wildman–Crippen MR) is 82.8 cm³/mol. The fourth-order valence-corrected chi connectivity index (χ4v) is 4.02. The third-order valence-electron chi connectivity index (χ3n) is 5.56. The van der Waals surface area contributed by atoms with Gasteiger partial charge in [0, 0.05) is 19.1 Å². The van der Waals surface area contributed by atoms with E-state index >= 15 is 0 Å². The summed E-state index contributed by atoms with van der Waals surface area (Å²) in [5.41, 5.74) is 0.976. The molecule has 3 nitrogen and oxygen atoms in total. The van der Waals surface area contributed by atoms with E-state index in [4.69, 9.17) is 0 Å². The van der Waals surface area contributed by atoms with Gasteiger partial charge < -0.3 is 10.0 Å². The number of nitrogens with zero attached hydrogens (tertiary/aromatic N) is 2. The van der Waals surface area contributed by atoms with Crippen molar-refractivity contribution in [3.05, 3.63) is 35.4 Å². The lowest BCUT2D eigenvalue weighted by Crippen LogP contribution is -2.56. The van der Waals surface area contributed by atoms with Crippen molar-refractivity contribution in [1.82, 2.24) is 4.90 Å². The summed E-state index contributed by atoms with van der Waals surface area (Å²) in [6, 6.07) is 11.3. The summed E-state index contributed by atoms with van der Waals surface area (Å²) >= 11 is 0. The highest BCUT2D eigenvalue weighted by Gasteiger charge is 2.54. The van der Waals surface area contributed by atoms with Crippen LogP contribution in [0, 0.1) is 16.7 Å². The molecule has 3 rings (SSSR count). The molecule has 1 heterocycles. The maximum Gasteiger partial charge on any atom is 0.0941 e. The van der Waals surface area contributed by atoms with Crippen LogP contribution in [0.3, 0.4) is 0 Å². The van der Waals surface area contributed by atoms with Crippen molar-refractivity contribution in [1.29, 1.82) is 5.26 Å². The van der Waals surface area contributed by atoms with Gasteiger partial charge in [0.2, 0.25) is 0 Å². The van der Waals surface area contributed by atoms with Gasteiger partial charge in [-0.2, -0.15) is 5.26 Å². The number of piperidine rings is 1. The number of nitriles is 1. The largest absolute Gasteiger partial charge is 0.388 e. The molecule has 21 heavy (non-hydrogen) atoms. The second-order valence-electron chi connectivity index (χ2n) is 6.98. The molecule has 0 atom stereocenters. The molecule has 112 valence electrons. The molecule has 0 unspecified atom stereocenters. The molecule has 0 amide bonds. The summed E-state index contributed by atoms with van der Waals surface area (Å²) < 4.78 is 0. The number of hydrogen-bond acceptors (Lipinski definition) is 3. The molecule has 0 radical (unpaired) electrons. The zero-order chi connectivity index (χ0) is 15.1. The molecule has 1 N–H and O–H groups in total. The van der Waals surface area contributed by atoms with Crippen molar-refractivity contribution >= 4 is 0 Å². The van der Waals surface area contributed by atoms with Gasteiger partial charge in [-0.05, 0) is 50.7 Å². The SMILES string of the molecule is CC(C)N1CCC(O)(C2(C#N)Cc3ccccc3C2)CC1. The lowest BCUT2D eigenvalue weighted by atomic mass is 9.66. The Labute approximate surface area is 127 Å². The van der Waals surface area contributed by atoms with Crippen molar-refractivity contribution < 1.29 is 5.11 Å². The predicted octanol–water partition coefficient (Wildman–Crippen LogP) is 2.53. The van der Waals surface area contributed by atoms with Crippen molar-refractivity contribution in [3.63, 3.8) is 0 Å². The number of benzene rings is 1. The third kappa shape index (κ3) is 2.27. The highest BCUT2D eigenvalue weighted by atomic mass is 16.3. The number of fused-ring (bicyclic) bond motifs is 1. The van der Waals surface area contributed by atoms with Crippen LogP contribution in [0.5, 0.6) is 0 Å². The van der Waals surface area contributed by atoms with E-state index in [1.165, 1.54) is 11.1 Å². The van der Waals surface area contributed by atoms with E-state index in [1.54, 1.807) is 0 Å². The Hall–Kier alpha value is -1.37. The normalized spacial score (nSPS) is 23.8. The van der Waals surface area contributed by atoms with Gasteiger partial charge in [0.15, 0.2) is 0 Å². The van der Waals surface area contributed by atoms with Gasteiger partial charge in [0.25, 0.3) is 0 Å². The monoisotopic (exact) mass is 284 g/mol. The maximum atomic E-state index is 11.2. The first-order valence-electron chi connectivity index (χ1n) is 7.94. The van der Waals surface area contributed by atoms with Crippen LogP contribution in [0.4, 0.5) is 0 Å². The summed E-state index contributed by atoms with van der Waals surface area (Å²) in [5, 5.41) is 21.1. The Bertz CT molecular complexity index is 540. The van der Waals surface area contributed by atoms with E-state index in [9.17, 15) is 10.4 Å². The molecular weight excluding hydrogens is 260 g/mol. The van der Waals surface area contributed by atoms with Crippen LogP contribution >= 0.6 is 0 Å². The first-order valence-corrected chi connectivity index (χ1v) is 7.94. The Morgan fingerprint density at radius 1 is 1.14 bits per heavy atom. The van der Waals surface area contributed by atoms with Crippen molar-refractivity contribution in [2.24, 2.45) is 5.41 Å². The highest BCUT2D eigenvalue weighted by Crippen LogP contribution is 2.48. The molecule has 1 aromatic carbocycles. The Kier molecular flexibility index (Phi) is 3.55. The van der Waals surface area contributed by atoms with Crippen molar-refractivity contribution in [2.45, 2.75) is 51.2 Å². The summed E-state index contributed by atoms with van der Waals surface area (Å²) in [6.45, 7) is 6.15. The van der Waals surface area contributed by atoms with Gasteiger partial charge in [-0.25, -0.2) is 0 Å². The van der Waals surface area contributed by atoms with Crippen LogP contribution in [0.2, 0.25) is 0 Å². The summed E-state index contributed by atoms with van der Waals surface area (Å²) in [4.78, 5) is 2.39. The van der Waals surface area contributed by atoms with Crippen LogP contribution in [0.1, 0.15) is 37.8 Å². The molecular formula is C18H24N2O. The fourth-order valence-electron chi connectivity index (χ4n) is 4.02. The van der Waals surface area contributed by atoms with E-state index < -0.39 is 11.0 Å². The van der Waals surface area contributed by atoms with E-state index in [0.29, 0.717) is 31.7 Å². The van der Waals surface area contributed by atoms with Crippen LogP contribution in [-0.2, 0) is 12.8 Å². The molecule has 0 aromatic heterocycles. The molecule has 1 aliphatic carbocycles. The lowest BCUT2D eigenvalue weighted by Gasteiger charge is -2.47. The maximum absolute atomic E-state index is 11.2. The molecule has 1 aliphatic heterocycles. The Morgan fingerprint density at radius 2 is 1.67 bits per heavy atom. The molecule has 0 bridgehead atoms. The van der Waals surface area contributed by atoms with Gasteiger partial charge in [0.1, 0.15) is 0 Å². The number of likely N-dealkylation sites (tertiary alicyclic amines) is 1. The van der Waals surface area contributed by atoms with Gasteiger partial charge >= 0.3 is 0 Å². The molecule has 1 fully saturated rings. The van der Waals surface area contributed by atoms with Gasteiger partial charge in [-0.1, -0.05) is 24.3 Å². The van der Waals surface area contributed by atoms with E-state index in [2.05, 4.69) is 36.9 Å². The first-order chi connectivity index (χ1) is 10.00. The minimum atomic E-state index is -0.855. The smallest absolute Gasteiger partial charge is 0.0941 e. The molecule has 0 saturated carbocycles. The van der Waals surface area contributed by atoms with Crippen LogP contribution < -0.4 is 0 Å². The highest BCUT2D eigenvalue weighted by molar-refractivity contribution is 5.39. The summed E-state index contributed by atoms with van der Waals surface area (Å²) in [6.07, 6.45) is 2.79. The number of aliphatic hydroxyl groups is 1. The van der Waals surface area contributed by atoms with Gasteiger partial charge in [-0.3, -0.25) is 0 Å². The van der Waals surface area contributed by atoms with E-state index in [1.807, 2.05) is 12.1 Å². The average Bonchev–Trinajstić information content (AvgIpc) is 2.88. The van der Waals surface area contributed by atoms with Crippen molar-refractivity contribution in [2.75, 3.05) is 13.1 Å². The zero-order valence-corrected chi connectivity index (χ0v) is 13.0. The minimum Gasteiger partial charge on any atom is -0.388 e. The van der Waals surface area contributed by atoms with Crippen LogP contribution in [-0.4, -0.2) is 34.7 Å². The Morgan fingerprint density at radius 3 is 2.10 bits per heavy atom. The molecule has 1 aromatic rings. The topological polar surface area (TPSA) is 47.3 Å². The van der Waals surface area contributed by atoms with Crippen LogP contribution in [0.15, 0.2) is 24.3 Å². The first kappa shape index (κ1) is 14.6.